The summed E-state index contributed by atoms with van der Waals surface area (Å²) in [6.07, 6.45) is 4.56. The van der Waals surface area contributed by atoms with Gasteiger partial charge in [-0.25, -0.2) is 4.39 Å². The van der Waals surface area contributed by atoms with Crippen molar-refractivity contribution in [2.75, 3.05) is 5.32 Å². The number of primary amides is 1. The minimum absolute atomic E-state index is 0.176. The molecule has 0 aliphatic heterocycles. The lowest BCUT2D eigenvalue weighted by Gasteiger charge is -2.41. The summed E-state index contributed by atoms with van der Waals surface area (Å²) in [7, 11) is 0. The fourth-order valence-electron chi connectivity index (χ4n) is 3.33. The molecule has 0 spiro atoms. The van der Waals surface area contributed by atoms with Gasteiger partial charge in [-0.05, 0) is 42.4 Å². The predicted octanol–water partition coefficient (Wildman–Crippen LogP) is 3.94. The van der Waals surface area contributed by atoms with E-state index >= 15 is 0 Å². The molecule has 4 heteroatoms. The summed E-state index contributed by atoms with van der Waals surface area (Å²) in [6, 6.07) is 4.48. The lowest BCUT2D eigenvalue weighted by Crippen LogP contribution is -2.40. The van der Waals surface area contributed by atoms with Gasteiger partial charge in [-0.2, -0.15) is 0 Å². The van der Waals surface area contributed by atoms with E-state index < -0.39 is 5.91 Å². The van der Waals surface area contributed by atoms with Crippen LogP contribution in [-0.2, 0) is 0 Å². The topological polar surface area (TPSA) is 55.1 Å². The molecule has 1 fully saturated rings. The van der Waals surface area contributed by atoms with Crippen molar-refractivity contribution in [3.05, 3.63) is 29.6 Å². The van der Waals surface area contributed by atoms with Gasteiger partial charge >= 0.3 is 0 Å². The number of nitrogens with two attached hydrogens (primary N) is 1. The molecule has 1 saturated carbocycles. The van der Waals surface area contributed by atoms with E-state index in [1.165, 1.54) is 24.6 Å². The number of rotatable bonds is 3. The molecule has 3 nitrogen and oxygen atoms in total. The van der Waals surface area contributed by atoms with Crippen LogP contribution in [0.5, 0.6) is 0 Å². The monoisotopic (exact) mass is 292 g/mol. The van der Waals surface area contributed by atoms with Gasteiger partial charge in [0.25, 0.3) is 0 Å². The van der Waals surface area contributed by atoms with Crippen molar-refractivity contribution in [3.8, 4) is 0 Å². The quantitative estimate of drug-likeness (QED) is 0.886. The first-order valence-electron chi connectivity index (χ1n) is 7.65. The van der Waals surface area contributed by atoms with E-state index in [9.17, 15) is 9.18 Å². The predicted molar refractivity (Wildman–Crippen MR) is 83.7 cm³/mol. The zero-order valence-electron chi connectivity index (χ0n) is 13.1. The van der Waals surface area contributed by atoms with Crippen LogP contribution in [0.25, 0.3) is 0 Å². The van der Waals surface area contributed by atoms with Gasteiger partial charge < -0.3 is 11.1 Å². The Morgan fingerprint density at radius 2 is 1.95 bits per heavy atom. The molecule has 1 aromatic rings. The highest BCUT2D eigenvalue weighted by Crippen LogP contribution is 2.39. The molecule has 1 aliphatic carbocycles. The lowest BCUT2D eigenvalue weighted by atomic mass is 9.69. The van der Waals surface area contributed by atoms with E-state index in [1.54, 1.807) is 0 Å². The average molecular weight is 292 g/mol. The van der Waals surface area contributed by atoms with E-state index in [1.807, 2.05) is 0 Å². The van der Waals surface area contributed by atoms with Crippen molar-refractivity contribution < 1.29 is 9.18 Å². The number of hydrogen-bond donors (Lipinski definition) is 2. The Morgan fingerprint density at radius 3 is 2.57 bits per heavy atom. The molecule has 0 heterocycles. The van der Waals surface area contributed by atoms with Crippen LogP contribution in [0.2, 0.25) is 0 Å². The van der Waals surface area contributed by atoms with Crippen LogP contribution in [0.3, 0.4) is 0 Å². The molecule has 3 N–H and O–H groups in total. The number of anilines is 1. The number of benzene rings is 1. The van der Waals surface area contributed by atoms with Crippen molar-refractivity contribution in [2.24, 2.45) is 17.1 Å². The molecule has 0 aromatic heterocycles. The summed E-state index contributed by atoms with van der Waals surface area (Å²) in [5, 5.41) is 3.32. The molecule has 0 bridgehead atoms. The third-order valence-corrected chi connectivity index (χ3v) is 4.47. The summed E-state index contributed by atoms with van der Waals surface area (Å²) < 4.78 is 14.0. The van der Waals surface area contributed by atoms with Gasteiger partial charge in [-0.3, -0.25) is 4.79 Å². The summed E-state index contributed by atoms with van der Waals surface area (Å²) in [5.41, 5.74) is 6.17. The molecule has 1 aromatic carbocycles. The highest BCUT2D eigenvalue weighted by atomic mass is 19.1. The van der Waals surface area contributed by atoms with Crippen molar-refractivity contribution in [3.63, 3.8) is 0 Å². The zero-order valence-corrected chi connectivity index (χ0v) is 13.1. The molecule has 116 valence electrons. The average Bonchev–Trinajstić information content (AvgIpc) is 2.40. The first-order valence-corrected chi connectivity index (χ1v) is 7.65. The molecule has 2 atom stereocenters. The largest absolute Gasteiger partial charge is 0.380 e. The maximum atomic E-state index is 14.0. The van der Waals surface area contributed by atoms with Crippen LogP contribution in [0.15, 0.2) is 18.2 Å². The van der Waals surface area contributed by atoms with Crippen LogP contribution in [0.1, 0.15) is 56.8 Å². The summed E-state index contributed by atoms with van der Waals surface area (Å²) in [5.74, 6) is -0.379. The van der Waals surface area contributed by atoms with Crippen LogP contribution in [-0.4, -0.2) is 11.9 Å². The Kier molecular flexibility index (Phi) is 4.55. The summed E-state index contributed by atoms with van der Waals surface area (Å²) in [6.45, 7) is 6.69. The lowest BCUT2D eigenvalue weighted by molar-refractivity contribution is 0.1000. The van der Waals surface area contributed by atoms with Crippen LogP contribution < -0.4 is 11.1 Å². The van der Waals surface area contributed by atoms with Crippen molar-refractivity contribution in [1.82, 2.24) is 0 Å². The first kappa shape index (κ1) is 15.8. The molecule has 2 rings (SSSR count). The normalized spacial score (nSPS) is 22.9. The Morgan fingerprint density at radius 1 is 1.29 bits per heavy atom. The van der Waals surface area contributed by atoms with Gasteiger partial charge in [-0.15, -0.1) is 0 Å². The molecular formula is C17H25FN2O. The maximum absolute atomic E-state index is 14.0. The van der Waals surface area contributed by atoms with Crippen LogP contribution in [0, 0.1) is 17.2 Å². The van der Waals surface area contributed by atoms with E-state index in [0.717, 1.165) is 19.3 Å². The number of amides is 1. The minimum atomic E-state index is -0.533. The second-order valence-corrected chi connectivity index (χ2v) is 7.07. The smallest absolute Gasteiger partial charge is 0.248 e. The second kappa shape index (κ2) is 6.04. The van der Waals surface area contributed by atoms with Gasteiger partial charge in [0.2, 0.25) is 5.91 Å². The third kappa shape index (κ3) is 3.74. The molecule has 1 aliphatic rings. The zero-order chi connectivity index (χ0) is 15.6. The summed E-state index contributed by atoms with van der Waals surface area (Å²) >= 11 is 0. The highest BCUT2D eigenvalue weighted by Gasteiger charge is 2.34. The molecule has 2 unspecified atom stereocenters. The molecule has 0 saturated heterocycles. The van der Waals surface area contributed by atoms with E-state index in [0.29, 0.717) is 17.2 Å². The summed E-state index contributed by atoms with van der Waals surface area (Å²) in [4.78, 5) is 11.3. The Bertz CT molecular complexity index is 522. The van der Waals surface area contributed by atoms with Crippen LogP contribution >= 0.6 is 0 Å². The number of hydrogen-bond acceptors (Lipinski definition) is 2. The molecule has 1 amide bonds. The number of halogens is 1. The minimum Gasteiger partial charge on any atom is -0.380 e. The molecule has 21 heavy (non-hydrogen) atoms. The number of carbonyl (C=O) groups excluding carboxylic acids is 1. The van der Waals surface area contributed by atoms with Crippen molar-refractivity contribution in [1.29, 1.82) is 0 Å². The Balaban J connectivity index is 2.23. The number of carbonyl (C=O) groups is 1. The highest BCUT2D eigenvalue weighted by molar-refractivity contribution is 5.93. The first-order chi connectivity index (χ1) is 9.79. The van der Waals surface area contributed by atoms with Gasteiger partial charge in [0.15, 0.2) is 0 Å². The van der Waals surface area contributed by atoms with E-state index in [4.69, 9.17) is 5.73 Å². The standard InChI is InChI=1S/C17H25FN2O/c1-17(2,3)12-6-4-5-7-14(12)20-15-10-11(16(19)21)8-9-13(15)18/h8-10,12,14,20H,4-7H2,1-3H3,(H2,19,21). The van der Waals surface area contributed by atoms with Crippen LogP contribution in [0.4, 0.5) is 10.1 Å². The Labute approximate surface area is 126 Å². The van der Waals surface area contributed by atoms with E-state index in [-0.39, 0.29) is 17.3 Å². The Hall–Kier alpha value is -1.58. The van der Waals surface area contributed by atoms with Gasteiger partial charge in [0, 0.05) is 11.6 Å². The number of nitrogens with one attached hydrogen (secondary N) is 1. The van der Waals surface area contributed by atoms with Gasteiger partial charge in [0.05, 0.1) is 5.69 Å². The second-order valence-electron chi connectivity index (χ2n) is 7.07. The SMILES string of the molecule is CC(C)(C)C1CCCCC1Nc1cc(C(N)=O)ccc1F. The van der Waals surface area contributed by atoms with Gasteiger partial charge in [-0.1, -0.05) is 33.6 Å². The van der Waals surface area contributed by atoms with Gasteiger partial charge in [0.1, 0.15) is 5.82 Å². The van der Waals surface area contributed by atoms with Crippen molar-refractivity contribution >= 4 is 11.6 Å². The maximum Gasteiger partial charge on any atom is 0.248 e. The fourth-order valence-corrected chi connectivity index (χ4v) is 3.33. The molecule has 0 radical (unpaired) electrons. The third-order valence-electron chi connectivity index (χ3n) is 4.47. The fraction of sp³-hybridized carbons (Fsp3) is 0.588. The molecular weight excluding hydrogens is 267 g/mol. The van der Waals surface area contributed by atoms with E-state index in [2.05, 4.69) is 26.1 Å². The van der Waals surface area contributed by atoms with Crippen molar-refractivity contribution in [2.45, 2.75) is 52.5 Å².